The molecule has 0 spiro atoms. The Labute approximate surface area is 129 Å². The van der Waals surface area contributed by atoms with E-state index in [1.807, 2.05) is 0 Å². The first kappa shape index (κ1) is 17.7. The number of nitrogens with one attached hydrogen (secondary N) is 1. The Kier molecular flexibility index (Phi) is 6.62. The molecule has 0 saturated heterocycles. The van der Waals surface area contributed by atoms with Crippen LogP contribution in [0.4, 0.5) is 5.82 Å². The molecule has 1 heterocycles. The topological polar surface area (TPSA) is 102 Å². The van der Waals surface area contributed by atoms with E-state index in [4.69, 9.17) is 0 Å². The molecule has 0 aliphatic heterocycles. The van der Waals surface area contributed by atoms with Crippen molar-refractivity contribution in [2.24, 2.45) is 0 Å². The van der Waals surface area contributed by atoms with Crippen LogP contribution in [-0.2, 0) is 4.79 Å². The maximum atomic E-state index is 12.1. The number of hydrogen-bond acceptors (Lipinski definition) is 5. The third-order valence-electron chi connectivity index (χ3n) is 3.55. The van der Waals surface area contributed by atoms with Gasteiger partial charge in [0.25, 0.3) is 5.91 Å². The van der Waals surface area contributed by atoms with Crippen LogP contribution in [0.15, 0.2) is 6.20 Å². The van der Waals surface area contributed by atoms with Crippen molar-refractivity contribution in [3.63, 3.8) is 0 Å². The van der Waals surface area contributed by atoms with E-state index in [-0.39, 0.29) is 17.3 Å². The summed E-state index contributed by atoms with van der Waals surface area (Å²) >= 11 is 0. The van der Waals surface area contributed by atoms with Crippen LogP contribution in [0.1, 0.15) is 60.5 Å². The van der Waals surface area contributed by atoms with Crippen LogP contribution in [0.3, 0.4) is 0 Å². The summed E-state index contributed by atoms with van der Waals surface area (Å²) in [5.74, 6) is -1.18. The fourth-order valence-corrected chi connectivity index (χ4v) is 2.07. The van der Waals surface area contributed by atoms with E-state index in [1.54, 1.807) is 6.92 Å². The molecule has 1 rings (SSSR count). The molecule has 0 aromatic carbocycles. The number of pyridine rings is 1. The van der Waals surface area contributed by atoms with Crippen LogP contribution in [-0.4, -0.2) is 21.7 Å². The van der Waals surface area contributed by atoms with Gasteiger partial charge >= 0.3 is 5.82 Å². The molecule has 1 aromatic rings. The maximum absolute atomic E-state index is 12.1. The quantitative estimate of drug-likeness (QED) is 0.474. The monoisotopic (exact) mass is 307 g/mol. The number of amides is 2. The van der Waals surface area contributed by atoms with Gasteiger partial charge in [0, 0.05) is 6.42 Å². The Morgan fingerprint density at radius 3 is 2.50 bits per heavy atom. The largest absolute Gasteiger partial charge is 0.366 e. The highest BCUT2D eigenvalue weighted by atomic mass is 16.6. The third-order valence-corrected chi connectivity index (χ3v) is 3.55. The van der Waals surface area contributed by atoms with Gasteiger partial charge in [-0.3, -0.25) is 14.9 Å². The lowest BCUT2D eigenvalue weighted by atomic mass is 10.1. The minimum atomic E-state index is -0.594. The molecule has 1 aromatic heterocycles. The number of carbonyl (C=O) groups is 2. The number of unbranched alkanes of at least 4 members (excludes halogenated alkanes) is 3. The van der Waals surface area contributed by atoms with Crippen LogP contribution < -0.4 is 5.32 Å². The van der Waals surface area contributed by atoms with Gasteiger partial charge in [0.05, 0.1) is 11.1 Å². The molecule has 120 valence electrons. The summed E-state index contributed by atoms with van der Waals surface area (Å²) in [6, 6.07) is 0. The summed E-state index contributed by atoms with van der Waals surface area (Å²) < 4.78 is 0. The maximum Gasteiger partial charge on any atom is 0.366 e. The van der Waals surface area contributed by atoms with Crippen molar-refractivity contribution in [1.29, 1.82) is 0 Å². The van der Waals surface area contributed by atoms with Crippen molar-refractivity contribution >= 4 is 17.6 Å². The first-order valence-electron chi connectivity index (χ1n) is 7.33. The molecular weight excluding hydrogens is 286 g/mol. The summed E-state index contributed by atoms with van der Waals surface area (Å²) in [4.78, 5) is 37.6. The number of imide groups is 1. The first-order valence-corrected chi connectivity index (χ1v) is 7.33. The van der Waals surface area contributed by atoms with Crippen LogP contribution >= 0.6 is 0 Å². The van der Waals surface area contributed by atoms with Gasteiger partial charge in [0.1, 0.15) is 0 Å². The van der Waals surface area contributed by atoms with E-state index in [0.717, 1.165) is 31.9 Å². The Balaban J connectivity index is 2.72. The van der Waals surface area contributed by atoms with Crippen molar-refractivity contribution in [2.75, 3.05) is 0 Å². The zero-order valence-corrected chi connectivity index (χ0v) is 13.1. The lowest BCUT2D eigenvalue weighted by Gasteiger charge is -2.07. The predicted octanol–water partition coefficient (Wildman–Crippen LogP) is 2.83. The molecular formula is C15H21N3O4. The number of carbonyl (C=O) groups excluding carboxylic acids is 2. The van der Waals surface area contributed by atoms with E-state index in [0.29, 0.717) is 17.5 Å². The number of hydrogen-bond donors (Lipinski definition) is 1. The summed E-state index contributed by atoms with van der Waals surface area (Å²) in [6.07, 6.45) is 5.27. The summed E-state index contributed by atoms with van der Waals surface area (Å²) in [5.41, 5.74) is 0.969. The van der Waals surface area contributed by atoms with E-state index >= 15 is 0 Å². The molecule has 0 bridgehead atoms. The lowest BCUT2D eigenvalue weighted by Crippen LogP contribution is -2.31. The fourth-order valence-electron chi connectivity index (χ4n) is 2.07. The Hall–Kier alpha value is -2.31. The summed E-state index contributed by atoms with van der Waals surface area (Å²) in [5, 5.41) is 13.1. The van der Waals surface area contributed by atoms with Gasteiger partial charge < -0.3 is 10.1 Å². The first-order chi connectivity index (χ1) is 10.4. The van der Waals surface area contributed by atoms with Crippen LogP contribution in [0.25, 0.3) is 0 Å². The smallest absolute Gasteiger partial charge is 0.358 e. The average molecular weight is 307 g/mol. The van der Waals surface area contributed by atoms with E-state index in [2.05, 4.69) is 17.2 Å². The van der Waals surface area contributed by atoms with Crippen molar-refractivity contribution in [3.8, 4) is 0 Å². The van der Waals surface area contributed by atoms with E-state index < -0.39 is 10.8 Å². The van der Waals surface area contributed by atoms with Gasteiger partial charge in [0.15, 0.2) is 6.20 Å². The molecule has 1 N–H and O–H groups in total. The molecule has 0 atom stereocenters. The van der Waals surface area contributed by atoms with E-state index in [9.17, 15) is 19.7 Å². The van der Waals surface area contributed by atoms with Gasteiger partial charge in [-0.1, -0.05) is 26.2 Å². The predicted molar refractivity (Wildman–Crippen MR) is 81.6 cm³/mol. The Morgan fingerprint density at radius 1 is 1.23 bits per heavy atom. The third kappa shape index (κ3) is 4.61. The number of nitrogens with zero attached hydrogens (tertiary/aromatic N) is 2. The molecule has 0 radical (unpaired) electrons. The van der Waals surface area contributed by atoms with Crippen molar-refractivity contribution in [3.05, 3.63) is 33.0 Å². The Morgan fingerprint density at radius 2 is 1.91 bits per heavy atom. The molecule has 7 nitrogen and oxygen atoms in total. The van der Waals surface area contributed by atoms with Crippen molar-refractivity contribution < 1.29 is 14.5 Å². The van der Waals surface area contributed by atoms with Gasteiger partial charge in [-0.25, -0.2) is 0 Å². The van der Waals surface area contributed by atoms with Crippen LogP contribution in [0.2, 0.25) is 0 Å². The minimum absolute atomic E-state index is 0.185. The Bertz CT molecular complexity index is 584. The summed E-state index contributed by atoms with van der Waals surface area (Å²) in [7, 11) is 0. The molecule has 0 fully saturated rings. The number of aromatic nitrogens is 1. The minimum Gasteiger partial charge on any atom is -0.358 e. The van der Waals surface area contributed by atoms with Gasteiger partial charge in [-0.15, -0.1) is 0 Å². The molecule has 22 heavy (non-hydrogen) atoms. The number of rotatable bonds is 7. The van der Waals surface area contributed by atoms with Gasteiger partial charge in [0.2, 0.25) is 5.91 Å². The zero-order valence-electron chi connectivity index (χ0n) is 13.1. The number of nitro groups is 1. The van der Waals surface area contributed by atoms with E-state index in [1.165, 1.54) is 6.92 Å². The van der Waals surface area contributed by atoms with Gasteiger partial charge in [-0.2, -0.15) is 0 Å². The second-order valence-electron chi connectivity index (χ2n) is 5.19. The molecule has 0 saturated carbocycles. The molecule has 0 unspecified atom stereocenters. The highest BCUT2D eigenvalue weighted by Gasteiger charge is 2.21. The normalized spacial score (nSPS) is 10.3. The standard InChI is InChI=1S/C15H21N3O4/c1-4-5-6-7-8-13(19)17-15(20)12-9-16-14(18(21)22)11(3)10(12)2/h9H,4-8H2,1-3H3,(H,17,19,20). The van der Waals surface area contributed by atoms with Crippen molar-refractivity contribution in [2.45, 2.75) is 52.9 Å². The van der Waals surface area contributed by atoms with Crippen LogP contribution in [0.5, 0.6) is 0 Å². The molecule has 0 aliphatic rings. The second-order valence-corrected chi connectivity index (χ2v) is 5.19. The second kappa shape index (κ2) is 8.21. The highest BCUT2D eigenvalue weighted by molar-refractivity contribution is 6.05. The lowest BCUT2D eigenvalue weighted by molar-refractivity contribution is -0.390. The zero-order chi connectivity index (χ0) is 16.7. The van der Waals surface area contributed by atoms with Crippen molar-refractivity contribution in [1.82, 2.24) is 10.3 Å². The van der Waals surface area contributed by atoms with Gasteiger partial charge in [-0.05, 0) is 35.7 Å². The average Bonchev–Trinajstić information content (AvgIpc) is 2.45. The highest BCUT2D eigenvalue weighted by Crippen LogP contribution is 2.20. The fraction of sp³-hybridized carbons (Fsp3) is 0.533. The van der Waals surface area contributed by atoms with Crippen LogP contribution in [0, 0.1) is 24.0 Å². The molecule has 2 amide bonds. The molecule has 7 heteroatoms. The summed E-state index contributed by atoms with van der Waals surface area (Å²) in [6.45, 7) is 5.21. The molecule has 0 aliphatic carbocycles. The SMILES string of the molecule is CCCCCCC(=O)NC(=O)c1cnc([N+](=O)[O-])c(C)c1C.